The molecule has 2 amide bonds. The Bertz CT molecular complexity index is 531. The number of piperidine rings is 1. The van der Waals surface area contributed by atoms with Crippen molar-refractivity contribution >= 4 is 11.8 Å². The predicted molar refractivity (Wildman–Crippen MR) is 79.7 cm³/mol. The molecule has 1 atom stereocenters. The van der Waals surface area contributed by atoms with Crippen LogP contribution in [-0.2, 0) is 9.59 Å². The van der Waals surface area contributed by atoms with E-state index in [1.807, 2.05) is 18.9 Å². The molecule has 6 nitrogen and oxygen atoms in total. The molecule has 1 saturated heterocycles. The molecule has 0 bridgehead atoms. The van der Waals surface area contributed by atoms with E-state index in [0.717, 1.165) is 31.4 Å². The van der Waals surface area contributed by atoms with Gasteiger partial charge in [-0.05, 0) is 32.6 Å². The van der Waals surface area contributed by atoms with Crippen LogP contribution in [-0.4, -0.2) is 46.9 Å². The van der Waals surface area contributed by atoms with E-state index in [2.05, 4.69) is 5.16 Å². The fourth-order valence-corrected chi connectivity index (χ4v) is 3.05. The molecule has 0 radical (unpaired) electrons. The molecule has 0 spiro atoms. The molecule has 2 aliphatic rings. The highest BCUT2D eigenvalue weighted by molar-refractivity contribution is 5.82. The van der Waals surface area contributed by atoms with Crippen LogP contribution in [0.1, 0.15) is 44.3 Å². The maximum absolute atomic E-state index is 12.6. The van der Waals surface area contributed by atoms with Crippen molar-refractivity contribution in [3.05, 3.63) is 18.0 Å². The first-order chi connectivity index (χ1) is 10.6. The summed E-state index contributed by atoms with van der Waals surface area (Å²) in [6.45, 7) is 3.36. The van der Waals surface area contributed by atoms with Crippen molar-refractivity contribution in [3.63, 3.8) is 0 Å². The second kappa shape index (κ2) is 6.10. The average molecular weight is 305 g/mol. The fourth-order valence-electron chi connectivity index (χ4n) is 3.05. The Hall–Kier alpha value is -1.85. The summed E-state index contributed by atoms with van der Waals surface area (Å²) in [5, 5.41) is 3.90. The molecule has 2 fully saturated rings. The van der Waals surface area contributed by atoms with Gasteiger partial charge >= 0.3 is 0 Å². The van der Waals surface area contributed by atoms with Crippen LogP contribution < -0.4 is 0 Å². The number of hydrogen-bond donors (Lipinski definition) is 0. The molecule has 6 heteroatoms. The summed E-state index contributed by atoms with van der Waals surface area (Å²) in [6.07, 6.45) is 5.11. The van der Waals surface area contributed by atoms with E-state index >= 15 is 0 Å². The summed E-state index contributed by atoms with van der Waals surface area (Å²) >= 11 is 0. The number of carbonyl (C=O) groups excluding carboxylic acids is 2. The molecule has 0 N–H and O–H groups in total. The molecule has 1 saturated carbocycles. The largest absolute Gasteiger partial charge is 0.364 e. The molecule has 1 aliphatic heterocycles. The molecule has 1 aromatic heterocycles. The molecular formula is C16H23N3O3. The molecule has 22 heavy (non-hydrogen) atoms. The Kier molecular flexibility index (Phi) is 4.18. The van der Waals surface area contributed by atoms with Crippen molar-refractivity contribution in [1.82, 2.24) is 15.0 Å². The first kappa shape index (κ1) is 15.1. The van der Waals surface area contributed by atoms with Gasteiger partial charge in [0.2, 0.25) is 11.8 Å². The summed E-state index contributed by atoms with van der Waals surface area (Å²) < 4.78 is 4.85. The lowest BCUT2D eigenvalue weighted by atomic mass is 9.94. The van der Waals surface area contributed by atoms with Crippen LogP contribution in [0.3, 0.4) is 0 Å². The molecule has 3 rings (SSSR count). The number of likely N-dealkylation sites (tertiary alicyclic amines) is 1. The average Bonchev–Trinajstić information content (AvgIpc) is 3.26. The van der Waals surface area contributed by atoms with E-state index in [-0.39, 0.29) is 29.7 Å². The third kappa shape index (κ3) is 3.00. The van der Waals surface area contributed by atoms with Crippen LogP contribution in [0, 0.1) is 11.8 Å². The van der Waals surface area contributed by atoms with Gasteiger partial charge in [0.1, 0.15) is 12.0 Å². The van der Waals surface area contributed by atoms with Crippen molar-refractivity contribution < 1.29 is 14.1 Å². The number of hydrogen-bond acceptors (Lipinski definition) is 4. The maximum atomic E-state index is 12.6. The lowest BCUT2D eigenvalue weighted by Crippen LogP contribution is -2.44. The molecule has 0 aromatic carbocycles. The minimum Gasteiger partial charge on any atom is -0.364 e. The van der Waals surface area contributed by atoms with E-state index in [4.69, 9.17) is 4.52 Å². The van der Waals surface area contributed by atoms with Crippen LogP contribution in [0.5, 0.6) is 0 Å². The van der Waals surface area contributed by atoms with E-state index in [1.54, 1.807) is 11.0 Å². The normalized spacial score (nSPS) is 20.7. The van der Waals surface area contributed by atoms with Crippen molar-refractivity contribution in [3.8, 4) is 0 Å². The summed E-state index contributed by atoms with van der Waals surface area (Å²) in [7, 11) is 1.81. The number of nitrogens with zero attached hydrogens (tertiary/aromatic N) is 3. The quantitative estimate of drug-likeness (QED) is 0.851. The zero-order valence-corrected chi connectivity index (χ0v) is 13.2. The van der Waals surface area contributed by atoms with Crippen LogP contribution in [0.15, 0.2) is 16.9 Å². The second-order valence-electron chi connectivity index (χ2n) is 6.42. The zero-order valence-electron chi connectivity index (χ0n) is 13.2. The van der Waals surface area contributed by atoms with Gasteiger partial charge in [-0.3, -0.25) is 9.59 Å². The number of aromatic nitrogens is 1. The van der Waals surface area contributed by atoms with Crippen LogP contribution in [0.25, 0.3) is 0 Å². The van der Waals surface area contributed by atoms with E-state index in [0.29, 0.717) is 13.1 Å². The van der Waals surface area contributed by atoms with Crippen molar-refractivity contribution in [2.24, 2.45) is 11.8 Å². The van der Waals surface area contributed by atoms with Crippen molar-refractivity contribution in [1.29, 1.82) is 0 Å². The fraction of sp³-hybridized carbons (Fsp3) is 0.688. The van der Waals surface area contributed by atoms with Gasteiger partial charge in [0.25, 0.3) is 0 Å². The molecular weight excluding hydrogens is 282 g/mol. The lowest BCUT2D eigenvalue weighted by Gasteiger charge is -2.34. The Morgan fingerprint density at radius 1 is 1.27 bits per heavy atom. The van der Waals surface area contributed by atoms with Gasteiger partial charge in [0.15, 0.2) is 0 Å². The van der Waals surface area contributed by atoms with Gasteiger partial charge in [0.05, 0.1) is 6.04 Å². The Balaban J connectivity index is 1.53. The van der Waals surface area contributed by atoms with Crippen LogP contribution in [0.2, 0.25) is 0 Å². The van der Waals surface area contributed by atoms with Gasteiger partial charge in [-0.2, -0.15) is 0 Å². The van der Waals surface area contributed by atoms with Crippen LogP contribution in [0.4, 0.5) is 0 Å². The summed E-state index contributed by atoms with van der Waals surface area (Å²) in [5.41, 5.74) is 0.761. The standard InChI is InChI=1S/C16H23N3O3/c1-11(14-7-10-22-17-14)18(2)15(20)13-5-8-19(9-6-13)16(21)12-3-4-12/h7,10-13H,3-6,8-9H2,1-2H3/t11-/m1/s1. The molecule has 1 aliphatic carbocycles. The summed E-state index contributed by atoms with van der Waals surface area (Å²) in [6, 6.07) is 1.68. The van der Waals surface area contributed by atoms with Gasteiger partial charge in [-0.1, -0.05) is 5.16 Å². The molecule has 0 unspecified atom stereocenters. The summed E-state index contributed by atoms with van der Waals surface area (Å²) in [5.74, 6) is 0.689. The minimum atomic E-state index is -0.0997. The SMILES string of the molecule is C[C@H](c1ccon1)N(C)C(=O)C1CCN(C(=O)C2CC2)CC1. The highest BCUT2D eigenvalue weighted by Crippen LogP contribution is 2.33. The van der Waals surface area contributed by atoms with Gasteiger partial charge in [-0.15, -0.1) is 0 Å². The van der Waals surface area contributed by atoms with Crippen LogP contribution >= 0.6 is 0 Å². The Morgan fingerprint density at radius 3 is 2.50 bits per heavy atom. The van der Waals surface area contributed by atoms with E-state index in [9.17, 15) is 9.59 Å². The summed E-state index contributed by atoms with van der Waals surface area (Å²) in [4.78, 5) is 28.3. The number of rotatable bonds is 4. The second-order valence-corrected chi connectivity index (χ2v) is 6.42. The molecule has 2 heterocycles. The molecule has 120 valence electrons. The van der Waals surface area contributed by atoms with E-state index in [1.165, 1.54) is 6.26 Å². The first-order valence-corrected chi connectivity index (χ1v) is 8.03. The number of carbonyl (C=O) groups is 2. The van der Waals surface area contributed by atoms with E-state index < -0.39 is 0 Å². The van der Waals surface area contributed by atoms with Crippen molar-refractivity contribution in [2.75, 3.05) is 20.1 Å². The minimum absolute atomic E-state index is 0.00241. The number of amides is 2. The first-order valence-electron chi connectivity index (χ1n) is 8.03. The smallest absolute Gasteiger partial charge is 0.226 e. The van der Waals surface area contributed by atoms with Gasteiger partial charge in [-0.25, -0.2) is 0 Å². The van der Waals surface area contributed by atoms with Gasteiger partial charge in [0, 0.05) is 38.0 Å². The van der Waals surface area contributed by atoms with Crippen molar-refractivity contribution in [2.45, 2.75) is 38.6 Å². The Morgan fingerprint density at radius 2 is 1.95 bits per heavy atom. The third-order valence-electron chi connectivity index (χ3n) is 4.90. The Labute approximate surface area is 130 Å². The monoisotopic (exact) mass is 305 g/mol. The predicted octanol–water partition coefficient (Wildman–Crippen LogP) is 1.84. The molecule has 1 aromatic rings. The van der Waals surface area contributed by atoms with Gasteiger partial charge < -0.3 is 14.3 Å². The highest BCUT2D eigenvalue weighted by atomic mass is 16.5. The maximum Gasteiger partial charge on any atom is 0.226 e. The lowest BCUT2D eigenvalue weighted by molar-refractivity contribution is -0.141. The topological polar surface area (TPSA) is 66.7 Å². The highest BCUT2D eigenvalue weighted by Gasteiger charge is 2.36. The zero-order chi connectivity index (χ0) is 15.7. The third-order valence-corrected chi connectivity index (χ3v) is 4.90.